The summed E-state index contributed by atoms with van der Waals surface area (Å²) in [4.78, 5) is 22.9. The number of aromatic carboxylic acids is 1. The Morgan fingerprint density at radius 1 is 1.47 bits per heavy atom. The van der Waals surface area contributed by atoms with Crippen LogP contribution in [0.25, 0.3) is 10.9 Å². The first-order valence-electron chi connectivity index (χ1n) is 4.96. The topological polar surface area (TPSA) is 68.5 Å². The Morgan fingerprint density at radius 3 is 2.76 bits per heavy atom. The maximum Gasteiger partial charge on any atom is 0.341 e. The smallest absolute Gasteiger partial charge is 0.341 e. The fraction of sp³-hybridized carbons (Fsp3) is 0.0909. The van der Waals surface area contributed by atoms with Gasteiger partial charge in [0.05, 0.1) is 12.6 Å². The number of hydrogen-bond donors (Lipinski definition) is 1. The predicted molar refractivity (Wildman–Crippen MR) is 65.7 cm³/mol. The molecule has 6 heteroatoms. The van der Waals surface area contributed by atoms with Crippen molar-refractivity contribution in [3.8, 4) is 5.75 Å². The molecule has 1 aromatic carbocycles. The van der Waals surface area contributed by atoms with Crippen LogP contribution >= 0.6 is 0 Å². The van der Waals surface area contributed by atoms with Gasteiger partial charge in [0.1, 0.15) is 11.3 Å². The number of methoxy groups -OCH3 is 1. The molecule has 0 aliphatic rings. The Balaban J connectivity index is 2.97. The summed E-state index contributed by atoms with van der Waals surface area (Å²) < 4.78 is 6.74. The van der Waals surface area contributed by atoms with Gasteiger partial charge >= 0.3 is 5.97 Å². The molecule has 5 nitrogen and oxygen atoms in total. The number of fused-ring (bicyclic) bond motifs is 1. The molecule has 1 aromatic heterocycles. The Morgan fingerprint density at radius 2 is 2.18 bits per heavy atom. The summed E-state index contributed by atoms with van der Waals surface area (Å²) in [5, 5.41) is 9.27. The summed E-state index contributed by atoms with van der Waals surface area (Å²) in [6, 6.07) is 4.98. The molecule has 2 rings (SSSR count). The zero-order valence-electron chi connectivity index (χ0n) is 9.43. The minimum atomic E-state index is -1.23. The van der Waals surface area contributed by atoms with Crippen molar-refractivity contribution in [2.24, 2.45) is 0 Å². The second-order valence-electron chi connectivity index (χ2n) is 3.64. The van der Waals surface area contributed by atoms with Crippen LogP contribution in [0.2, 0.25) is 0 Å². The standard InChI is InChI=1S/C11H10BNO4/c1-17-8-4-2-3-6-9(8)13(12)5-7(10(6)14)11(15)16/h2-5H,12H2,1H3,(H,15,16). The number of carbonyl (C=O) groups is 1. The molecule has 0 fully saturated rings. The van der Waals surface area contributed by atoms with Gasteiger partial charge in [-0.1, -0.05) is 6.07 Å². The fourth-order valence-electron chi connectivity index (χ4n) is 1.85. The second kappa shape index (κ2) is 3.97. The third kappa shape index (κ3) is 1.67. The Labute approximate surface area is 97.7 Å². The monoisotopic (exact) mass is 231 g/mol. The Bertz CT molecular complexity index is 662. The Hall–Kier alpha value is -2.24. The van der Waals surface area contributed by atoms with E-state index in [9.17, 15) is 9.59 Å². The number of benzene rings is 1. The van der Waals surface area contributed by atoms with Crippen LogP contribution in [0.4, 0.5) is 0 Å². The molecule has 1 N–H and O–H groups in total. The molecule has 0 aliphatic carbocycles. The summed E-state index contributed by atoms with van der Waals surface area (Å²) in [5.41, 5.74) is -0.150. The van der Waals surface area contributed by atoms with Crippen molar-refractivity contribution >= 4 is 24.9 Å². The van der Waals surface area contributed by atoms with Gasteiger partial charge in [0.15, 0.2) is 0 Å². The molecular weight excluding hydrogens is 221 g/mol. The molecule has 17 heavy (non-hydrogen) atoms. The van der Waals surface area contributed by atoms with Gasteiger partial charge in [0.25, 0.3) is 0 Å². The van der Waals surface area contributed by atoms with Crippen LogP contribution < -0.4 is 10.2 Å². The van der Waals surface area contributed by atoms with E-state index in [1.54, 1.807) is 30.7 Å². The lowest BCUT2D eigenvalue weighted by Crippen LogP contribution is -2.18. The first-order chi connectivity index (χ1) is 8.06. The van der Waals surface area contributed by atoms with Gasteiger partial charge in [0.2, 0.25) is 13.4 Å². The minimum absolute atomic E-state index is 0.242. The van der Waals surface area contributed by atoms with Crippen molar-refractivity contribution in [1.29, 1.82) is 0 Å². The van der Waals surface area contributed by atoms with E-state index in [0.717, 1.165) is 0 Å². The molecule has 0 saturated heterocycles. The molecule has 0 aliphatic heterocycles. The molecule has 2 aromatic rings. The number of nitrogens with zero attached hydrogens (tertiary/aromatic N) is 1. The Kier molecular flexibility index (Phi) is 2.63. The maximum absolute atomic E-state index is 11.9. The van der Waals surface area contributed by atoms with Crippen LogP contribution in [0.15, 0.2) is 29.2 Å². The molecule has 0 amide bonds. The average molecular weight is 231 g/mol. The van der Waals surface area contributed by atoms with Crippen molar-refractivity contribution in [3.63, 3.8) is 0 Å². The van der Waals surface area contributed by atoms with E-state index >= 15 is 0 Å². The highest BCUT2D eigenvalue weighted by atomic mass is 16.5. The molecule has 0 radical (unpaired) electrons. The number of ether oxygens (including phenoxy) is 1. The number of aromatic nitrogens is 1. The van der Waals surface area contributed by atoms with Gasteiger partial charge in [-0.2, -0.15) is 0 Å². The van der Waals surface area contributed by atoms with E-state index in [-0.39, 0.29) is 5.56 Å². The normalized spacial score (nSPS) is 10.4. The van der Waals surface area contributed by atoms with E-state index in [0.29, 0.717) is 16.7 Å². The molecule has 0 spiro atoms. The van der Waals surface area contributed by atoms with Crippen LogP contribution in [0.1, 0.15) is 10.4 Å². The van der Waals surface area contributed by atoms with Crippen LogP contribution in [-0.2, 0) is 0 Å². The van der Waals surface area contributed by atoms with Gasteiger partial charge in [-0.05, 0) is 12.1 Å². The van der Waals surface area contributed by atoms with Gasteiger partial charge in [-0.25, -0.2) is 4.79 Å². The fourth-order valence-corrected chi connectivity index (χ4v) is 1.85. The van der Waals surface area contributed by atoms with Gasteiger partial charge in [-0.15, -0.1) is 0 Å². The van der Waals surface area contributed by atoms with E-state index in [4.69, 9.17) is 9.84 Å². The predicted octanol–water partition coefficient (Wildman–Crippen LogP) is 0.104. The first kappa shape index (κ1) is 11.3. The van der Waals surface area contributed by atoms with Crippen LogP contribution in [0.5, 0.6) is 5.75 Å². The third-order valence-corrected chi connectivity index (χ3v) is 2.61. The molecule has 1 heterocycles. The lowest BCUT2D eigenvalue weighted by atomic mass is 10.1. The van der Waals surface area contributed by atoms with Crippen LogP contribution in [0, 0.1) is 0 Å². The van der Waals surface area contributed by atoms with E-state index in [1.165, 1.54) is 13.3 Å². The molecule has 0 bridgehead atoms. The van der Waals surface area contributed by atoms with E-state index < -0.39 is 11.4 Å². The van der Waals surface area contributed by atoms with E-state index in [2.05, 4.69) is 0 Å². The quantitative estimate of drug-likeness (QED) is 0.744. The van der Waals surface area contributed by atoms with Gasteiger partial charge < -0.3 is 14.3 Å². The zero-order valence-corrected chi connectivity index (χ0v) is 9.43. The van der Waals surface area contributed by atoms with Crippen LogP contribution in [0.3, 0.4) is 0 Å². The zero-order chi connectivity index (χ0) is 12.6. The maximum atomic E-state index is 11.9. The summed E-state index contributed by atoms with van der Waals surface area (Å²) in [7, 11) is 3.18. The van der Waals surface area contributed by atoms with Crippen molar-refractivity contribution in [1.82, 2.24) is 4.48 Å². The summed E-state index contributed by atoms with van der Waals surface area (Å²) >= 11 is 0. The largest absolute Gasteiger partial charge is 0.495 e. The lowest BCUT2D eigenvalue weighted by molar-refractivity contribution is 0.0695. The highest BCUT2D eigenvalue weighted by Crippen LogP contribution is 2.22. The van der Waals surface area contributed by atoms with Gasteiger partial charge in [0, 0.05) is 11.6 Å². The third-order valence-electron chi connectivity index (χ3n) is 2.61. The number of carboxylic acids is 1. The molecule has 0 saturated carbocycles. The van der Waals surface area contributed by atoms with Crippen molar-refractivity contribution in [2.75, 3.05) is 7.11 Å². The van der Waals surface area contributed by atoms with Gasteiger partial charge in [-0.3, -0.25) is 4.79 Å². The molecule has 0 atom stereocenters. The van der Waals surface area contributed by atoms with Crippen molar-refractivity contribution in [2.45, 2.75) is 0 Å². The summed E-state index contributed by atoms with van der Waals surface area (Å²) in [6.45, 7) is 0. The lowest BCUT2D eigenvalue weighted by Gasteiger charge is -2.11. The SMILES string of the molecule is Bn1cc(C(=O)O)c(=O)c2cccc(OC)c21. The van der Waals surface area contributed by atoms with Crippen LogP contribution in [-0.4, -0.2) is 30.6 Å². The summed E-state index contributed by atoms with van der Waals surface area (Å²) in [6.07, 6.45) is 1.30. The highest BCUT2D eigenvalue weighted by Gasteiger charge is 2.14. The second-order valence-corrected chi connectivity index (χ2v) is 3.64. The van der Waals surface area contributed by atoms with Crippen molar-refractivity contribution < 1.29 is 14.6 Å². The molecule has 86 valence electrons. The minimum Gasteiger partial charge on any atom is -0.495 e. The summed E-state index contributed by atoms with van der Waals surface area (Å²) in [5.74, 6) is -0.686. The first-order valence-corrected chi connectivity index (χ1v) is 4.96. The molecule has 0 unspecified atom stereocenters. The molecular formula is C11H10BNO4. The number of rotatable bonds is 2. The number of para-hydroxylation sites is 1. The number of hydrogen-bond acceptors (Lipinski definition) is 3. The van der Waals surface area contributed by atoms with Crippen molar-refractivity contribution in [3.05, 3.63) is 40.2 Å². The number of carboxylic acid groups (broad SMARTS) is 1. The highest BCUT2D eigenvalue weighted by molar-refractivity contribution is 6.12. The number of pyridine rings is 1. The van der Waals surface area contributed by atoms with E-state index in [1.807, 2.05) is 0 Å². The average Bonchev–Trinajstić information content (AvgIpc) is 2.32.